The van der Waals surface area contributed by atoms with Gasteiger partial charge in [0.25, 0.3) is 11.8 Å². The van der Waals surface area contributed by atoms with E-state index in [-0.39, 0.29) is 28.5 Å². The van der Waals surface area contributed by atoms with Gasteiger partial charge in [0, 0.05) is 16.3 Å². The van der Waals surface area contributed by atoms with E-state index >= 15 is 0 Å². The van der Waals surface area contributed by atoms with Crippen molar-refractivity contribution >= 4 is 63.2 Å². The minimum atomic E-state index is -1.20. The zero-order valence-corrected chi connectivity index (χ0v) is 24.3. The Kier molecular flexibility index (Phi) is 9.75. The van der Waals surface area contributed by atoms with Crippen LogP contribution in [0.4, 0.5) is 16.4 Å². The van der Waals surface area contributed by atoms with Crippen molar-refractivity contribution in [2.45, 2.75) is 30.4 Å². The monoisotopic (exact) mass is 598 g/mol. The number of amides is 3. The number of thiophene rings is 1. The lowest BCUT2D eigenvalue weighted by Gasteiger charge is -2.15. The number of benzene rings is 3. The zero-order valence-electron chi connectivity index (χ0n) is 22.6. The number of aromatic carboxylic acids is 1. The van der Waals surface area contributed by atoms with Crippen LogP contribution in [0.2, 0.25) is 0 Å². The van der Waals surface area contributed by atoms with Crippen molar-refractivity contribution in [1.82, 2.24) is 0 Å². The Labute approximate surface area is 250 Å². The maximum atomic E-state index is 13.3. The Morgan fingerprint density at radius 3 is 2.19 bits per heavy atom. The molecule has 0 spiro atoms. The van der Waals surface area contributed by atoms with Gasteiger partial charge >= 0.3 is 5.97 Å². The molecule has 1 heterocycles. The molecule has 212 valence electrons. The minimum Gasteiger partial charge on any atom is -0.478 e. The van der Waals surface area contributed by atoms with Gasteiger partial charge in [-0.15, -0.1) is 23.1 Å². The van der Waals surface area contributed by atoms with Crippen molar-refractivity contribution in [2.24, 2.45) is 0 Å². The topological polar surface area (TPSA) is 148 Å². The molecule has 1 unspecified atom stereocenters. The van der Waals surface area contributed by atoms with Gasteiger partial charge in [-0.2, -0.15) is 5.26 Å². The lowest BCUT2D eigenvalue weighted by Crippen LogP contribution is -2.24. The average molecular weight is 599 g/mol. The van der Waals surface area contributed by atoms with Gasteiger partial charge in [0.05, 0.1) is 26.8 Å². The fourth-order valence-electron chi connectivity index (χ4n) is 4.05. The highest BCUT2D eigenvalue weighted by molar-refractivity contribution is 8.00. The number of rotatable bonds is 10. The van der Waals surface area contributed by atoms with Crippen molar-refractivity contribution in [1.29, 1.82) is 5.26 Å². The van der Waals surface area contributed by atoms with Crippen LogP contribution in [-0.4, -0.2) is 34.0 Å². The first-order valence-electron chi connectivity index (χ1n) is 12.8. The molecule has 0 fully saturated rings. The summed E-state index contributed by atoms with van der Waals surface area (Å²) in [5, 5.41) is 27.3. The van der Waals surface area contributed by atoms with Gasteiger partial charge in [-0.3, -0.25) is 14.4 Å². The molecule has 4 aromatic rings. The third kappa shape index (κ3) is 7.04. The third-order valence-electron chi connectivity index (χ3n) is 6.17. The molecule has 0 aliphatic carbocycles. The van der Waals surface area contributed by atoms with E-state index in [2.05, 4.69) is 22.0 Å². The van der Waals surface area contributed by atoms with E-state index in [1.54, 1.807) is 67.6 Å². The summed E-state index contributed by atoms with van der Waals surface area (Å²) < 4.78 is 0. The molecule has 0 radical (unpaired) electrons. The van der Waals surface area contributed by atoms with E-state index in [4.69, 9.17) is 0 Å². The fraction of sp³-hybridized carbons (Fsp3) is 0.129. The van der Waals surface area contributed by atoms with E-state index < -0.39 is 17.1 Å². The normalized spacial score (nSPS) is 11.2. The molecule has 4 rings (SSSR count). The predicted molar refractivity (Wildman–Crippen MR) is 165 cm³/mol. The standard InChI is InChI=1S/C31H26N4O5S2/c1-3-25(41-21-13-9-12-20(16-21)34-27(36)22-14-7-8-15-23(22)31(39)40)28(37)35-30-24(17-32)18(2)26(42-30)29(38)33-19-10-5-4-6-11-19/h4-16,25H,3H2,1-2H3,(H,33,38)(H,34,36)(H,35,37)(H,39,40). The summed E-state index contributed by atoms with van der Waals surface area (Å²) in [6.45, 7) is 3.53. The van der Waals surface area contributed by atoms with Gasteiger partial charge < -0.3 is 21.1 Å². The number of nitrogens with zero attached hydrogens (tertiary/aromatic N) is 1. The lowest BCUT2D eigenvalue weighted by atomic mass is 10.1. The average Bonchev–Trinajstić information content (AvgIpc) is 3.30. The second kappa shape index (κ2) is 13.6. The molecule has 3 aromatic carbocycles. The number of para-hydroxylation sites is 1. The highest BCUT2D eigenvalue weighted by Gasteiger charge is 2.25. The molecule has 0 aliphatic heterocycles. The summed E-state index contributed by atoms with van der Waals surface area (Å²) in [6, 6.07) is 23.9. The fourth-order valence-corrected chi connectivity index (χ4v) is 6.12. The number of anilines is 3. The van der Waals surface area contributed by atoms with E-state index in [1.165, 1.54) is 23.9 Å². The summed E-state index contributed by atoms with van der Waals surface area (Å²) in [5.74, 6) is -2.47. The minimum absolute atomic E-state index is 0.0326. The highest BCUT2D eigenvalue weighted by atomic mass is 32.2. The third-order valence-corrected chi connectivity index (χ3v) is 8.73. The van der Waals surface area contributed by atoms with Gasteiger partial charge in [0.1, 0.15) is 11.1 Å². The molecule has 42 heavy (non-hydrogen) atoms. The van der Waals surface area contributed by atoms with E-state index in [0.717, 1.165) is 11.3 Å². The molecule has 0 aliphatic rings. The van der Waals surface area contributed by atoms with E-state index in [9.17, 15) is 29.5 Å². The summed E-state index contributed by atoms with van der Waals surface area (Å²) in [6.07, 6.45) is 0.465. The lowest BCUT2D eigenvalue weighted by molar-refractivity contribution is -0.115. The van der Waals surface area contributed by atoms with E-state index in [0.29, 0.717) is 38.1 Å². The molecule has 1 aromatic heterocycles. The van der Waals surface area contributed by atoms with Gasteiger partial charge in [-0.05, 0) is 61.4 Å². The quantitative estimate of drug-likeness (QED) is 0.150. The largest absolute Gasteiger partial charge is 0.478 e. The van der Waals surface area contributed by atoms with Crippen molar-refractivity contribution in [3.63, 3.8) is 0 Å². The molecule has 9 nitrogen and oxygen atoms in total. The summed E-state index contributed by atoms with van der Waals surface area (Å²) in [4.78, 5) is 51.5. The zero-order chi connectivity index (χ0) is 30.2. The Morgan fingerprint density at radius 1 is 0.881 bits per heavy atom. The summed E-state index contributed by atoms with van der Waals surface area (Å²) in [7, 11) is 0. The molecule has 1 atom stereocenters. The van der Waals surface area contributed by atoms with Gasteiger partial charge in [-0.25, -0.2) is 4.79 Å². The Hall–Kier alpha value is -4.92. The van der Waals surface area contributed by atoms with Gasteiger partial charge in [0.15, 0.2) is 0 Å². The number of thioether (sulfide) groups is 1. The molecule has 0 saturated heterocycles. The molecule has 0 saturated carbocycles. The van der Waals surface area contributed by atoms with Crippen LogP contribution in [-0.2, 0) is 4.79 Å². The van der Waals surface area contributed by atoms with Crippen LogP contribution < -0.4 is 16.0 Å². The van der Waals surface area contributed by atoms with Crippen molar-refractivity contribution in [3.05, 3.63) is 106 Å². The SMILES string of the molecule is CCC(Sc1cccc(NC(=O)c2ccccc2C(=O)O)c1)C(=O)Nc1sc(C(=O)Nc2ccccc2)c(C)c1C#N. The second-order valence-corrected chi connectivity index (χ2v) is 11.3. The van der Waals surface area contributed by atoms with Crippen LogP contribution in [0, 0.1) is 18.3 Å². The number of carboxylic acid groups (broad SMARTS) is 1. The first-order valence-corrected chi connectivity index (χ1v) is 14.5. The number of hydrogen-bond donors (Lipinski definition) is 4. The van der Waals surface area contributed by atoms with Crippen molar-refractivity contribution in [2.75, 3.05) is 16.0 Å². The highest BCUT2D eigenvalue weighted by Crippen LogP contribution is 2.35. The van der Waals surface area contributed by atoms with Crippen LogP contribution in [0.3, 0.4) is 0 Å². The summed E-state index contributed by atoms with van der Waals surface area (Å²) in [5.41, 5.74) is 1.70. The van der Waals surface area contributed by atoms with Crippen LogP contribution in [0.25, 0.3) is 0 Å². The number of carbonyl (C=O) groups is 4. The number of carbonyl (C=O) groups excluding carboxylic acids is 3. The number of nitriles is 1. The van der Waals surface area contributed by atoms with Crippen LogP contribution in [0.5, 0.6) is 0 Å². The van der Waals surface area contributed by atoms with E-state index in [1.807, 2.05) is 13.0 Å². The molecule has 3 amide bonds. The first-order chi connectivity index (χ1) is 20.2. The Morgan fingerprint density at radius 2 is 1.52 bits per heavy atom. The predicted octanol–water partition coefficient (Wildman–Crippen LogP) is 6.64. The van der Waals surface area contributed by atoms with Crippen LogP contribution in [0.15, 0.2) is 83.8 Å². The van der Waals surface area contributed by atoms with Crippen molar-refractivity contribution < 1.29 is 24.3 Å². The van der Waals surface area contributed by atoms with Crippen LogP contribution in [0.1, 0.15) is 54.9 Å². The van der Waals surface area contributed by atoms with Gasteiger partial charge in [0.2, 0.25) is 5.91 Å². The number of carboxylic acids is 1. The maximum Gasteiger partial charge on any atom is 0.336 e. The molecular weight excluding hydrogens is 572 g/mol. The summed E-state index contributed by atoms with van der Waals surface area (Å²) >= 11 is 2.32. The molecule has 4 N–H and O–H groups in total. The number of nitrogens with one attached hydrogen (secondary N) is 3. The second-order valence-electron chi connectivity index (χ2n) is 9.03. The molecular formula is C31H26N4O5S2. The smallest absolute Gasteiger partial charge is 0.336 e. The Bertz CT molecular complexity index is 1700. The molecule has 0 bridgehead atoms. The maximum absolute atomic E-state index is 13.3. The number of hydrogen-bond acceptors (Lipinski definition) is 7. The Balaban J connectivity index is 1.47. The van der Waals surface area contributed by atoms with Gasteiger partial charge in [-0.1, -0.05) is 43.3 Å². The van der Waals surface area contributed by atoms with Crippen LogP contribution >= 0.6 is 23.1 Å². The first kappa shape index (κ1) is 30.0. The molecule has 11 heteroatoms. The van der Waals surface area contributed by atoms with Crippen molar-refractivity contribution in [3.8, 4) is 6.07 Å².